The number of hydrogen-bond acceptors (Lipinski definition) is 7. The molecule has 0 saturated carbocycles. The van der Waals surface area contributed by atoms with Gasteiger partial charge in [0, 0.05) is 13.0 Å². The highest BCUT2D eigenvalue weighted by molar-refractivity contribution is 5.09. The maximum Gasteiger partial charge on any atom is 0.354 e. The summed E-state index contributed by atoms with van der Waals surface area (Å²) < 4.78 is 12.3. The molecule has 100 valence electrons. The third-order valence-corrected chi connectivity index (χ3v) is 2.80. The molecule has 0 aromatic carbocycles. The first-order valence-electron chi connectivity index (χ1n) is 5.74. The number of nitrogens with two attached hydrogens (primary N) is 1. The van der Waals surface area contributed by atoms with Crippen LogP contribution < -0.4 is 11.4 Å². The molecule has 1 aromatic heterocycles. The van der Waals surface area contributed by atoms with Crippen LogP contribution in [0.25, 0.3) is 0 Å². The highest BCUT2D eigenvalue weighted by atomic mass is 16.6. The molecule has 0 radical (unpaired) electrons. The zero-order chi connectivity index (χ0) is 13.1. The standard InChI is InChI=1S/C10H16N4O4/c1-2-17-6-3-8(18-7(6)4-15)14-5-12-9(11)13-10(14)16/h5-8,15H,2-4H2,1H3,(H2,11,13,16)/t6?,7-,8-/m1/s1. The highest BCUT2D eigenvalue weighted by Crippen LogP contribution is 2.29. The monoisotopic (exact) mass is 256 g/mol. The van der Waals surface area contributed by atoms with Gasteiger partial charge in [0.15, 0.2) is 0 Å². The van der Waals surface area contributed by atoms with Gasteiger partial charge in [0.1, 0.15) is 18.7 Å². The summed E-state index contributed by atoms with van der Waals surface area (Å²) in [4.78, 5) is 18.9. The second kappa shape index (κ2) is 5.42. The van der Waals surface area contributed by atoms with Gasteiger partial charge in [-0.2, -0.15) is 4.98 Å². The van der Waals surface area contributed by atoms with E-state index in [1.807, 2.05) is 6.92 Å². The Balaban J connectivity index is 2.18. The summed E-state index contributed by atoms with van der Waals surface area (Å²) in [6.45, 7) is 2.22. The van der Waals surface area contributed by atoms with Gasteiger partial charge in [-0.15, -0.1) is 0 Å². The molecule has 2 heterocycles. The van der Waals surface area contributed by atoms with Crippen LogP contribution in [0.1, 0.15) is 19.6 Å². The Kier molecular flexibility index (Phi) is 3.90. The molecule has 0 bridgehead atoms. The number of aliphatic hydroxyl groups is 1. The largest absolute Gasteiger partial charge is 0.394 e. The summed E-state index contributed by atoms with van der Waals surface area (Å²) in [6.07, 6.45) is 0.533. The van der Waals surface area contributed by atoms with E-state index in [4.69, 9.17) is 15.2 Å². The Bertz CT molecular complexity index is 463. The van der Waals surface area contributed by atoms with Crippen LogP contribution in [0.5, 0.6) is 0 Å². The van der Waals surface area contributed by atoms with Gasteiger partial charge >= 0.3 is 5.69 Å². The predicted molar refractivity (Wildman–Crippen MR) is 61.7 cm³/mol. The van der Waals surface area contributed by atoms with Gasteiger partial charge in [-0.1, -0.05) is 0 Å². The van der Waals surface area contributed by atoms with Crippen molar-refractivity contribution in [1.82, 2.24) is 14.5 Å². The molecule has 0 aliphatic carbocycles. The molecule has 0 amide bonds. The molecular weight excluding hydrogens is 240 g/mol. The van der Waals surface area contributed by atoms with Crippen LogP contribution in [-0.4, -0.2) is 45.1 Å². The quantitative estimate of drug-likeness (QED) is 0.703. The first-order valence-corrected chi connectivity index (χ1v) is 5.74. The van der Waals surface area contributed by atoms with Crippen LogP contribution in [0.3, 0.4) is 0 Å². The van der Waals surface area contributed by atoms with Crippen molar-refractivity contribution in [3.05, 3.63) is 16.8 Å². The summed E-state index contributed by atoms with van der Waals surface area (Å²) >= 11 is 0. The molecule has 8 nitrogen and oxygen atoms in total. The normalized spacial score (nSPS) is 27.6. The molecular formula is C10H16N4O4. The van der Waals surface area contributed by atoms with Crippen LogP contribution in [0.15, 0.2) is 11.1 Å². The molecule has 1 aliphatic rings. The van der Waals surface area contributed by atoms with Crippen molar-refractivity contribution in [2.24, 2.45) is 0 Å². The van der Waals surface area contributed by atoms with Crippen LogP contribution >= 0.6 is 0 Å². The lowest BCUT2D eigenvalue weighted by atomic mass is 10.2. The number of hydrogen-bond donors (Lipinski definition) is 2. The minimum Gasteiger partial charge on any atom is -0.394 e. The van der Waals surface area contributed by atoms with Gasteiger partial charge in [-0.3, -0.25) is 4.57 Å². The van der Waals surface area contributed by atoms with Crippen LogP contribution in [0, 0.1) is 0 Å². The van der Waals surface area contributed by atoms with E-state index >= 15 is 0 Å². The fourth-order valence-electron chi connectivity index (χ4n) is 1.98. The van der Waals surface area contributed by atoms with E-state index in [2.05, 4.69) is 9.97 Å². The number of anilines is 1. The van der Waals surface area contributed by atoms with E-state index in [0.29, 0.717) is 13.0 Å². The predicted octanol–water partition coefficient (Wildman–Crippen LogP) is -1.09. The van der Waals surface area contributed by atoms with Crippen molar-refractivity contribution in [2.75, 3.05) is 18.9 Å². The van der Waals surface area contributed by atoms with Crippen molar-refractivity contribution < 1.29 is 14.6 Å². The van der Waals surface area contributed by atoms with E-state index in [1.54, 1.807) is 0 Å². The van der Waals surface area contributed by atoms with Gasteiger partial charge in [-0.05, 0) is 6.92 Å². The maximum atomic E-state index is 11.6. The van der Waals surface area contributed by atoms with Crippen molar-refractivity contribution >= 4 is 5.95 Å². The van der Waals surface area contributed by atoms with E-state index < -0.39 is 18.0 Å². The average Bonchev–Trinajstić information content (AvgIpc) is 2.72. The molecule has 1 aliphatic heterocycles. The van der Waals surface area contributed by atoms with E-state index in [-0.39, 0.29) is 18.7 Å². The molecule has 1 saturated heterocycles. The first kappa shape index (κ1) is 12.9. The van der Waals surface area contributed by atoms with Gasteiger partial charge < -0.3 is 20.3 Å². The molecule has 0 spiro atoms. The van der Waals surface area contributed by atoms with Crippen LogP contribution in [0.4, 0.5) is 5.95 Å². The van der Waals surface area contributed by atoms with Gasteiger partial charge in [0.2, 0.25) is 5.95 Å². The van der Waals surface area contributed by atoms with Gasteiger partial charge in [0.05, 0.1) is 12.7 Å². The van der Waals surface area contributed by atoms with E-state index in [1.165, 1.54) is 10.9 Å². The fraction of sp³-hybridized carbons (Fsp3) is 0.700. The SMILES string of the molecule is CCOC1C[C@H](n2cnc(N)nc2=O)O[C@@H]1CO. The summed E-state index contributed by atoms with van der Waals surface area (Å²) in [5.41, 5.74) is 4.79. The minimum atomic E-state index is -0.535. The third kappa shape index (κ3) is 2.50. The van der Waals surface area contributed by atoms with Gasteiger partial charge in [-0.25, -0.2) is 9.78 Å². The van der Waals surface area contributed by atoms with Crippen molar-refractivity contribution in [3.63, 3.8) is 0 Å². The van der Waals surface area contributed by atoms with Crippen molar-refractivity contribution in [2.45, 2.75) is 31.8 Å². The molecule has 2 rings (SSSR count). The molecule has 1 fully saturated rings. The zero-order valence-corrected chi connectivity index (χ0v) is 10.0. The second-order valence-corrected chi connectivity index (χ2v) is 3.95. The molecule has 8 heteroatoms. The molecule has 1 unspecified atom stereocenters. The maximum absolute atomic E-state index is 11.6. The summed E-state index contributed by atoms with van der Waals surface area (Å²) in [5, 5.41) is 9.20. The Morgan fingerprint density at radius 3 is 3.11 bits per heavy atom. The lowest BCUT2D eigenvalue weighted by Crippen LogP contribution is -2.29. The smallest absolute Gasteiger partial charge is 0.354 e. The number of aliphatic hydroxyl groups excluding tert-OH is 1. The fourth-order valence-corrected chi connectivity index (χ4v) is 1.98. The first-order chi connectivity index (χ1) is 8.65. The van der Waals surface area contributed by atoms with Gasteiger partial charge in [0.25, 0.3) is 0 Å². The molecule has 3 atom stereocenters. The van der Waals surface area contributed by atoms with Crippen LogP contribution in [0.2, 0.25) is 0 Å². The number of aromatic nitrogens is 3. The van der Waals surface area contributed by atoms with E-state index in [9.17, 15) is 9.90 Å². The van der Waals surface area contributed by atoms with Crippen molar-refractivity contribution in [3.8, 4) is 0 Å². The third-order valence-electron chi connectivity index (χ3n) is 2.80. The summed E-state index contributed by atoms with van der Waals surface area (Å²) in [6, 6.07) is 0. The summed E-state index contributed by atoms with van der Waals surface area (Å²) in [7, 11) is 0. The topological polar surface area (TPSA) is 112 Å². The van der Waals surface area contributed by atoms with Crippen molar-refractivity contribution in [1.29, 1.82) is 0 Å². The number of nitrogen functional groups attached to an aromatic ring is 1. The lowest BCUT2D eigenvalue weighted by Gasteiger charge is -2.15. The molecule has 1 aromatic rings. The Hall–Kier alpha value is -1.51. The highest BCUT2D eigenvalue weighted by Gasteiger charge is 2.36. The zero-order valence-electron chi connectivity index (χ0n) is 10.0. The second-order valence-electron chi connectivity index (χ2n) is 3.95. The minimum absolute atomic E-state index is 0.0747. The van der Waals surface area contributed by atoms with E-state index in [0.717, 1.165) is 0 Å². The van der Waals surface area contributed by atoms with Crippen LogP contribution in [-0.2, 0) is 9.47 Å². The summed E-state index contributed by atoms with van der Waals surface area (Å²) in [5.74, 6) is -0.0747. The lowest BCUT2D eigenvalue weighted by molar-refractivity contribution is -0.0605. The number of nitrogens with zero attached hydrogens (tertiary/aromatic N) is 3. The Labute approximate surface area is 103 Å². The molecule has 18 heavy (non-hydrogen) atoms. The number of rotatable bonds is 4. The average molecular weight is 256 g/mol. The molecule has 3 N–H and O–H groups in total. The Morgan fingerprint density at radius 1 is 1.72 bits per heavy atom. The Morgan fingerprint density at radius 2 is 2.50 bits per heavy atom. The number of ether oxygens (including phenoxy) is 2.